The van der Waals surface area contributed by atoms with Gasteiger partial charge in [0.25, 0.3) is 0 Å². The van der Waals surface area contributed by atoms with Crippen molar-refractivity contribution in [2.24, 2.45) is 0 Å². The fourth-order valence-electron chi connectivity index (χ4n) is 2.86. The molecule has 6 nitrogen and oxygen atoms in total. The summed E-state index contributed by atoms with van der Waals surface area (Å²) in [5.74, 6) is 0.147. The number of nitrogens with one attached hydrogen (secondary N) is 1. The van der Waals surface area contributed by atoms with E-state index in [0.29, 0.717) is 22.6 Å². The zero-order valence-electron chi connectivity index (χ0n) is 16.4. The molecule has 150 valence electrons. The van der Waals surface area contributed by atoms with E-state index in [2.05, 4.69) is 10.1 Å². The van der Waals surface area contributed by atoms with Gasteiger partial charge in [0.1, 0.15) is 5.58 Å². The smallest absolute Gasteiger partial charge is 0.337 e. The highest BCUT2D eigenvalue weighted by Crippen LogP contribution is 2.24. The van der Waals surface area contributed by atoms with Crippen LogP contribution in [0.3, 0.4) is 0 Å². The summed E-state index contributed by atoms with van der Waals surface area (Å²) in [7, 11) is 1.32. The van der Waals surface area contributed by atoms with Crippen molar-refractivity contribution in [3.05, 3.63) is 75.1 Å². The lowest BCUT2D eigenvalue weighted by Gasteiger charge is -2.09. The minimum Gasteiger partial charge on any atom is -0.465 e. The number of hydrogen-bond donors (Lipinski definition) is 1. The third-order valence-electron chi connectivity index (χ3n) is 4.52. The first-order valence-corrected chi connectivity index (χ1v) is 10.1. The number of hydrogen-bond acceptors (Lipinski definition) is 6. The minimum absolute atomic E-state index is 0.167. The summed E-state index contributed by atoms with van der Waals surface area (Å²) in [6.07, 6.45) is 0. The third-order valence-corrected chi connectivity index (χ3v) is 5.51. The van der Waals surface area contributed by atoms with E-state index >= 15 is 0 Å². The van der Waals surface area contributed by atoms with Gasteiger partial charge in [0.05, 0.1) is 18.4 Å². The van der Waals surface area contributed by atoms with Gasteiger partial charge >= 0.3 is 11.6 Å². The molecule has 0 saturated carbocycles. The van der Waals surface area contributed by atoms with Crippen LogP contribution in [0, 0.1) is 13.8 Å². The maximum absolute atomic E-state index is 12.2. The molecule has 3 rings (SSSR count). The summed E-state index contributed by atoms with van der Waals surface area (Å²) in [4.78, 5) is 35.5. The van der Waals surface area contributed by atoms with Crippen molar-refractivity contribution >= 4 is 40.3 Å². The number of carbonyl (C=O) groups is 2. The Balaban J connectivity index is 1.62. The van der Waals surface area contributed by atoms with Crippen LogP contribution in [-0.4, -0.2) is 24.7 Å². The van der Waals surface area contributed by atoms with E-state index < -0.39 is 11.6 Å². The number of rotatable bonds is 6. The second-order valence-electron chi connectivity index (χ2n) is 6.63. The van der Waals surface area contributed by atoms with E-state index in [9.17, 15) is 14.4 Å². The molecule has 0 aliphatic heterocycles. The number of methoxy groups -OCH3 is 1. The number of carbonyl (C=O) groups excluding carboxylic acids is 2. The molecule has 0 saturated heterocycles. The molecule has 0 aliphatic carbocycles. The van der Waals surface area contributed by atoms with Crippen molar-refractivity contribution in [1.29, 1.82) is 0 Å². The molecule has 7 heteroatoms. The SMILES string of the molecule is COC(=O)c1ccc(NC(=O)CSCc2cc(=O)oc3cc(C)c(C)cc23)cc1. The van der Waals surface area contributed by atoms with Crippen LogP contribution in [0.1, 0.15) is 27.0 Å². The van der Waals surface area contributed by atoms with Crippen LogP contribution in [0.25, 0.3) is 11.0 Å². The van der Waals surface area contributed by atoms with Gasteiger partial charge in [-0.3, -0.25) is 4.79 Å². The molecule has 1 aromatic heterocycles. The maximum Gasteiger partial charge on any atom is 0.337 e. The topological polar surface area (TPSA) is 85.6 Å². The van der Waals surface area contributed by atoms with Crippen molar-refractivity contribution in [3.63, 3.8) is 0 Å². The van der Waals surface area contributed by atoms with Crippen LogP contribution >= 0.6 is 11.8 Å². The van der Waals surface area contributed by atoms with E-state index in [-0.39, 0.29) is 11.7 Å². The predicted octanol–water partition coefficient (Wildman–Crippen LogP) is 4.07. The molecule has 1 heterocycles. The fourth-order valence-corrected chi connectivity index (χ4v) is 3.68. The summed E-state index contributed by atoms with van der Waals surface area (Å²) in [6, 6.07) is 11.8. The molecule has 3 aromatic rings. The number of ether oxygens (including phenoxy) is 1. The number of esters is 1. The second-order valence-corrected chi connectivity index (χ2v) is 7.62. The van der Waals surface area contributed by atoms with Gasteiger partial charge in [0, 0.05) is 22.9 Å². The maximum atomic E-state index is 12.2. The first-order valence-electron chi connectivity index (χ1n) is 8.97. The van der Waals surface area contributed by atoms with Crippen LogP contribution in [0.4, 0.5) is 5.69 Å². The van der Waals surface area contributed by atoms with Gasteiger partial charge in [-0.2, -0.15) is 0 Å². The van der Waals surface area contributed by atoms with E-state index in [1.54, 1.807) is 24.3 Å². The molecule has 0 radical (unpaired) electrons. The second kappa shape index (κ2) is 8.96. The highest BCUT2D eigenvalue weighted by atomic mass is 32.2. The molecule has 29 heavy (non-hydrogen) atoms. The van der Waals surface area contributed by atoms with Crippen molar-refractivity contribution < 1.29 is 18.7 Å². The highest BCUT2D eigenvalue weighted by molar-refractivity contribution is 7.99. The molecule has 0 bridgehead atoms. The molecular weight excluding hydrogens is 390 g/mol. The Kier molecular flexibility index (Phi) is 6.39. The van der Waals surface area contributed by atoms with Gasteiger partial charge < -0.3 is 14.5 Å². The van der Waals surface area contributed by atoms with Crippen LogP contribution in [0.2, 0.25) is 0 Å². The van der Waals surface area contributed by atoms with Crippen molar-refractivity contribution in [2.75, 3.05) is 18.2 Å². The predicted molar refractivity (Wildman–Crippen MR) is 115 cm³/mol. The zero-order valence-corrected chi connectivity index (χ0v) is 17.2. The van der Waals surface area contributed by atoms with Crippen molar-refractivity contribution in [1.82, 2.24) is 0 Å². The summed E-state index contributed by atoms with van der Waals surface area (Å²) in [6.45, 7) is 3.98. The van der Waals surface area contributed by atoms with Gasteiger partial charge in [-0.05, 0) is 66.9 Å². The standard InChI is InChI=1S/C22H21NO5S/c1-13-8-18-16(10-21(25)28-19(18)9-14(13)2)11-29-12-20(24)23-17-6-4-15(5-7-17)22(26)27-3/h4-10H,11-12H2,1-3H3,(H,23,24). The Bertz CT molecular complexity index is 1120. The van der Waals surface area contributed by atoms with Gasteiger partial charge in [-0.1, -0.05) is 0 Å². The van der Waals surface area contributed by atoms with Gasteiger partial charge in [-0.15, -0.1) is 11.8 Å². The molecule has 0 spiro atoms. The Labute approximate surface area is 172 Å². The number of anilines is 1. The molecule has 0 fully saturated rings. The molecule has 1 N–H and O–H groups in total. The third kappa shape index (κ3) is 5.06. The zero-order chi connectivity index (χ0) is 21.0. The van der Waals surface area contributed by atoms with Crippen LogP contribution in [0.5, 0.6) is 0 Å². The average molecular weight is 411 g/mol. The quantitative estimate of drug-likeness (QED) is 0.486. The summed E-state index contributed by atoms with van der Waals surface area (Å²) in [5.41, 5.74) is 4.20. The van der Waals surface area contributed by atoms with Gasteiger partial charge in [0.2, 0.25) is 5.91 Å². The first kappa shape index (κ1) is 20.7. The lowest BCUT2D eigenvalue weighted by molar-refractivity contribution is -0.113. The van der Waals surface area contributed by atoms with E-state index in [4.69, 9.17) is 4.42 Å². The highest BCUT2D eigenvalue weighted by Gasteiger charge is 2.10. The monoisotopic (exact) mass is 411 g/mol. The van der Waals surface area contributed by atoms with Gasteiger partial charge in [0.15, 0.2) is 0 Å². The normalized spacial score (nSPS) is 10.7. The largest absolute Gasteiger partial charge is 0.465 e. The Morgan fingerprint density at radius 3 is 2.45 bits per heavy atom. The van der Waals surface area contributed by atoms with E-state index in [0.717, 1.165) is 22.1 Å². The molecular formula is C22H21NO5S. The lowest BCUT2D eigenvalue weighted by atomic mass is 10.0. The number of fused-ring (bicyclic) bond motifs is 1. The molecule has 0 aliphatic rings. The molecule has 0 atom stereocenters. The van der Waals surface area contributed by atoms with Gasteiger partial charge in [-0.25, -0.2) is 9.59 Å². The summed E-state index contributed by atoms with van der Waals surface area (Å²) >= 11 is 1.41. The summed E-state index contributed by atoms with van der Waals surface area (Å²) < 4.78 is 9.95. The number of thioether (sulfide) groups is 1. The number of amides is 1. The Morgan fingerprint density at radius 2 is 1.76 bits per heavy atom. The Hall–Kier alpha value is -3.06. The number of aryl methyl sites for hydroxylation is 2. The Morgan fingerprint density at radius 1 is 1.07 bits per heavy atom. The molecule has 2 aromatic carbocycles. The van der Waals surface area contributed by atoms with Crippen LogP contribution in [-0.2, 0) is 15.3 Å². The number of benzene rings is 2. The fraction of sp³-hybridized carbons (Fsp3) is 0.227. The van der Waals surface area contributed by atoms with E-state index in [1.165, 1.54) is 24.9 Å². The first-order chi connectivity index (χ1) is 13.9. The molecule has 0 unspecified atom stereocenters. The molecule has 1 amide bonds. The average Bonchev–Trinajstić information content (AvgIpc) is 2.69. The summed E-state index contributed by atoms with van der Waals surface area (Å²) in [5, 5.41) is 3.67. The van der Waals surface area contributed by atoms with Crippen molar-refractivity contribution in [3.8, 4) is 0 Å². The van der Waals surface area contributed by atoms with Crippen molar-refractivity contribution in [2.45, 2.75) is 19.6 Å². The van der Waals surface area contributed by atoms with Crippen LogP contribution in [0.15, 0.2) is 51.7 Å². The lowest BCUT2D eigenvalue weighted by Crippen LogP contribution is -2.14. The van der Waals surface area contributed by atoms with Crippen LogP contribution < -0.4 is 10.9 Å². The minimum atomic E-state index is -0.427. The van der Waals surface area contributed by atoms with E-state index in [1.807, 2.05) is 26.0 Å².